The maximum absolute atomic E-state index is 13.0. The summed E-state index contributed by atoms with van der Waals surface area (Å²) in [7, 11) is 0. The van der Waals surface area contributed by atoms with Gasteiger partial charge in [0, 0.05) is 38.1 Å². The molecule has 1 saturated heterocycles. The van der Waals surface area contributed by atoms with E-state index in [1.807, 2.05) is 17.0 Å². The van der Waals surface area contributed by atoms with Gasteiger partial charge in [0.05, 0.1) is 6.04 Å². The molecular weight excluding hydrogens is 302 g/mol. The van der Waals surface area contributed by atoms with E-state index in [2.05, 4.69) is 31.1 Å². The van der Waals surface area contributed by atoms with Crippen LogP contribution in [0.5, 0.6) is 0 Å². The first kappa shape index (κ1) is 18.9. The highest BCUT2D eigenvalue weighted by Crippen LogP contribution is 2.20. The Morgan fingerprint density at radius 3 is 2.46 bits per heavy atom. The van der Waals surface area contributed by atoms with E-state index in [4.69, 9.17) is 0 Å². The number of aliphatic hydroxyl groups excluding tert-OH is 1. The predicted molar refractivity (Wildman–Crippen MR) is 95.4 cm³/mol. The molecule has 134 valence electrons. The minimum Gasteiger partial charge on any atom is -0.396 e. The summed E-state index contributed by atoms with van der Waals surface area (Å²) in [6.07, 6.45) is 6.19. The number of nitrogens with one attached hydrogen (secondary N) is 1. The zero-order valence-corrected chi connectivity index (χ0v) is 15.1. The molecule has 0 radical (unpaired) electrons. The van der Waals surface area contributed by atoms with Crippen LogP contribution >= 0.6 is 0 Å². The van der Waals surface area contributed by atoms with Gasteiger partial charge >= 0.3 is 0 Å². The summed E-state index contributed by atoms with van der Waals surface area (Å²) in [5, 5.41) is 12.8. The monoisotopic (exact) mass is 333 g/mol. The van der Waals surface area contributed by atoms with Gasteiger partial charge in [0.25, 0.3) is 0 Å². The van der Waals surface area contributed by atoms with Crippen molar-refractivity contribution in [2.75, 3.05) is 19.7 Å². The third-order valence-corrected chi connectivity index (χ3v) is 4.85. The average molecular weight is 333 g/mol. The van der Waals surface area contributed by atoms with Crippen LogP contribution in [0.25, 0.3) is 0 Å². The van der Waals surface area contributed by atoms with Crippen LogP contribution in [0, 0.1) is 11.8 Å². The summed E-state index contributed by atoms with van der Waals surface area (Å²) in [5.41, 5.74) is 1.14. The molecule has 0 aliphatic carbocycles. The van der Waals surface area contributed by atoms with Crippen molar-refractivity contribution in [2.24, 2.45) is 11.8 Å². The summed E-state index contributed by atoms with van der Waals surface area (Å²) in [6.45, 7) is 8.13. The lowest BCUT2D eigenvalue weighted by atomic mass is 9.95. The number of pyridine rings is 1. The SMILES string of the molecule is CC(C)CC(NC(C)c1ccncc1)C(=O)N1CCC(CO)CC1. The first-order valence-corrected chi connectivity index (χ1v) is 9.06. The van der Waals surface area contributed by atoms with Gasteiger partial charge in [-0.05, 0) is 55.7 Å². The molecule has 0 bridgehead atoms. The number of hydrogen-bond donors (Lipinski definition) is 2. The number of amides is 1. The van der Waals surface area contributed by atoms with E-state index >= 15 is 0 Å². The molecule has 2 N–H and O–H groups in total. The lowest BCUT2D eigenvalue weighted by molar-refractivity contribution is -0.135. The number of hydrogen-bond acceptors (Lipinski definition) is 4. The first-order chi connectivity index (χ1) is 11.5. The number of piperidine rings is 1. The summed E-state index contributed by atoms with van der Waals surface area (Å²) >= 11 is 0. The average Bonchev–Trinajstić information content (AvgIpc) is 2.61. The van der Waals surface area contributed by atoms with Crippen molar-refractivity contribution in [1.82, 2.24) is 15.2 Å². The predicted octanol–water partition coefficient (Wildman–Crippen LogP) is 2.38. The molecule has 1 aliphatic heterocycles. The molecule has 2 rings (SSSR count). The van der Waals surface area contributed by atoms with Gasteiger partial charge in [-0.2, -0.15) is 0 Å². The molecular formula is C19H31N3O2. The van der Waals surface area contributed by atoms with Crippen LogP contribution in [-0.4, -0.2) is 46.6 Å². The molecule has 2 unspecified atom stereocenters. The van der Waals surface area contributed by atoms with Crippen LogP contribution in [-0.2, 0) is 4.79 Å². The van der Waals surface area contributed by atoms with Gasteiger partial charge in [0.2, 0.25) is 5.91 Å². The van der Waals surface area contributed by atoms with Crippen molar-refractivity contribution in [1.29, 1.82) is 0 Å². The molecule has 0 spiro atoms. The molecule has 0 aromatic carbocycles. The molecule has 2 atom stereocenters. The van der Waals surface area contributed by atoms with Crippen molar-refractivity contribution in [3.05, 3.63) is 30.1 Å². The molecule has 1 aromatic rings. The Bertz CT molecular complexity index is 499. The van der Waals surface area contributed by atoms with Gasteiger partial charge < -0.3 is 10.0 Å². The molecule has 24 heavy (non-hydrogen) atoms. The Balaban J connectivity index is 2.00. The standard InChI is InChI=1S/C19H31N3O2/c1-14(2)12-18(21-15(3)17-4-8-20-9-5-17)19(24)22-10-6-16(13-23)7-11-22/h4-5,8-9,14-16,18,21,23H,6-7,10-13H2,1-3H3. The Hall–Kier alpha value is -1.46. The molecule has 0 saturated carbocycles. The number of aromatic nitrogens is 1. The first-order valence-electron chi connectivity index (χ1n) is 9.06. The van der Waals surface area contributed by atoms with Crippen molar-refractivity contribution < 1.29 is 9.90 Å². The van der Waals surface area contributed by atoms with Crippen LogP contribution in [0.1, 0.15) is 51.6 Å². The Labute approximate surface area is 145 Å². The summed E-state index contributed by atoms with van der Waals surface area (Å²) < 4.78 is 0. The number of nitrogens with zero attached hydrogens (tertiary/aromatic N) is 2. The van der Waals surface area contributed by atoms with E-state index in [1.54, 1.807) is 12.4 Å². The van der Waals surface area contributed by atoms with Crippen molar-refractivity contribution in [3.63, 3.8) is 0 Å². The number of rotatable bonds is 7. The van der Waals surface area contributed by atoms with E-state index in [0.29, 0.717) is 11.8 Å². The third kappa shape index (κ3) is 5.28. The van der Waals surface area contributed by atoms with E-state index in [1.165, 1.54) is 0 Å². The van der Waals surface area contributed by atoms with Crippen LogP contribution in [0.4, 0.5) is 0 Å². The minimum atomic E-state index is -0.168. The van der Waals surface area contributed by atoms with Gasteiger partial charge in [-0.25, -0.2) is 0 Å². The van der Waals surface area contributed by atoms with Gasteiger partial charge in [-0.3, -0.25) is 15.1 Å². The summed E-state index contributed by atoms with van der Waals surface area (Å²) in [5.74, 6) is 0.994. The van der Waals surface area contributed by atoms with Crippen LogP contribution in [0.3, 0.4) is 0 Å². The van der Waals surface area contributed by atoms with Gasteiger partial charge in [-0.15, -0.1) is 0 Å². The minimum absolute atomic E-state index is 0.107. The van der Waals surface area contributed by atoms with Crippen LogP contribution < -0.4 is 5.32 Å². The van der Waals surface area contributed by atoms with E-state index < -0.39 is 0 Å². The smallest absolute Gasteiger partial charge is 0.239 e. The van der Waals surface area contributed by atoms with Crippen molar-refractivity contribution in [2.45, 2.75) is 52.1 Å². The molecule has 2 heterocycles. The molecule has 5 heteroatoms. The Kier molecular flexibility index (Phi) is 7.18. The largest absolute Gasteiger partial charge is 0.396 e. The normalized spacial score (nSPS) is 18.6. The topological polar surface area (TPSA) is 65.5 Å². The maximum Gasteiger partial charge on any atom is 0.239 e. The highest BCUT2D eigenvalue weighted by Gasteiger charge is 2.29. The Morgan fingerprint density at radius 1 is 1.29 bits per heavy atom. The van der Waals surface area contributed by atoms with Crippen LogP contribution in [0.15, 0.2) is 24.5 Å². The fourth-order valence-corrected chi connectivity index (χ4v) is 3.32. The van der Waals surface area contributed by atoms with E-state index in [9.17, 15) is 9.90 Å². The lowest BCUT2D eigenvalue weighted by Crippen LogP contribution is -2.50. The highest BCUT2D eigenvalue weighted by atomic mass is 16.3. The number of carbonyl (C=O) groups excluding carboxylic acids is 1. The fourth-order valence-electron chi connectivity index (χ4n) is 3.32. The fraction of sp³-hybridized carbons (Fsp3) is 0.684. The number of aliphatic hydroxyl groups is 1. The molecule has 1 fully saturated rings. The van der Waals surface area contributed by atoms with E-state index in [0.717, 1.165) is 37.9 Å². The molecule has 5 nitrogen and oxygen atoms in total. The highest BCUT2D eigenvalue weighted by molar-refractivity contribution is 5.82. The second-order valence-electron chi connectivity index (χ2n) is 7.30. The Morgan fingerprint density at radius 2 is 1.92 bits per heavy atom. The van der Waals surface area contributed by atoms with Gasteiger partial charge in [0.15, 0.2) is 0 Å². The van der Waals surface area contributed by atoms with Gasteiger partial charge in [-0.1, -0.05) is 13.8 Å². The number of carbonyl (C=O) groups is 1. The maximum atomic E-state index is 13.0. The number of likely N-dealkylation sites (tertiary alicyclic amines) is 1. The van der Waals surface area contributed by atoms with Crippen molar-refractivity contribution in [3.8, 4) is 0 Å². The second kappa shape index (κ2) is 9.14. The summed E-state index contributed by atoms with van der Waals surface area (Å²) in [6, 6.07) is 3.91. The zero-order chi connectivity index (χ0) is 17.5. The van der Waals surface area contributed by atoms with E-state index in [-0.39, 0.29) is 24.6 Å². The van der Waals surface area contributed by atoms with Crippen molar-refractivity contribution >= 4 is 5.91 Å². The lowest BCUT2D eigenvalue weighted by Gasteiger charge is -2.35. The van der Waals surface area contributed by atoms with Crippen LogP contribution in [0.2, 0.25) is 0 Å². The zero-order valence-electron chi connectivity index (χ0n) is 15.1. The quantitative estimate of drug-likeness (QED) is 0.804. The molecule has 1 amide bonds. The summed E-state index contributed by atoms with van der Waals surface area (Å²) in [4.78, 5) is 19.0. The second-order valence-corrected chi connectivity index (χ2v) is 7.30. The molecule has 1 aliphatic rings. The third-order valence-electron chi connectivity index (χ3n) is 4.85. The van der Waals surface area contributed by atoms with Gasteiger partial charge in [0.1, 0.15) is 0 Å². The molecule has 1 aromatic heterocycles.